The largest absolute Gasteiger partial charge is 0.490 e. The normalized spacial score (nSPS) is 25.4. The van der Waals surface area contributed by atoms with E-state index in [0.29, 0.717) is 28.5 Å². The van der Waals surface area contributed by atoms with E-state index in [1.165, 1.54) is 18.2 Å². The molecule has 0 radical (unpaired) electrons. The molecule has 168 valence electrons. The summed E-state index contributed by atoms with van der Waals surface area (Å²) in [7, 11) is 0. The van der Waals surface area contributed by atoms with Gasteiger partial charge in [0, 0.05) is 29.9 Å². The molecule has 1 amide bonds. The first kappa shape index (κ1) is 20.8. The van der Waals surface area contributed by atoms with Crippen molar-refractivity contribution < 1.29 is 27.1 Å². The van der Waals surface area contributed by atoms with Crippen molar-refractivity contribution >= 4 is 22.5 Å². The van der Waals surface area contributed by atoms with Crippen LogP contribution in [0.1, 0.15) is 19.8 Å². The van der Waals surface area contributed by atoms with E-state index in [0.717, 1.165) is 25.2 Å². The Morgan fingerprint density at radius 1 is 1.22 bits per heavy atom. The van der Waals surface area contributed by atoms with Crippen LogP contribution >= 0.6 is 0 Å². The fourth-order valence-electron chi connectivity index (χ4n) is 5.11. The van der Waals surface area contributed by atoms with Gasteiger partial charge in [0.25, 0.3) is 0 Å². The average Bonchev–Trinajstić information content (AvgIpc) is 3.08. The fraction of sp³-hybridized carbons (Fsp3) is 0.391. The second-order valence-electron chi connectivity index (χ2n) is 8.64. The molecule has 2 fully saturated rings. The molecule has 0 aliphatic heterocycles. The van der Waals surface area contributed by atoms with Gasteiger partial charge in [0.05, 0.1) is 17.3 Å². The van der Waals surface area contributed by atoms with Crippen molar-refractivity contribution in [3.05, 3.63) is 54.7 Å². The summed E-state index contributed by atoms with van der Waals surface area (Å²) in [6.07, 6.45) is 0.418. The van der Waals surface area contributed by atoms with Gasteiger partial charge in [-0.05, 0) is 60.9 Å². The number of nitrogens with one attached hydrogen (secondary N) is 1. The number of nitrogens with zero attached hydrogens (tertiary/aromatic N) is 2. The van der Waals surface area contributed by atoms with Gasteiger partial charge in [-0.2, -0.15) is 0 Å². The summed E-state index contributed by atoms with van der Waals surface area (Å²) < 4.78 is 58.0. The molecule has 1 aromatic carbocycles. The van der Waals surface area contributed by atoms with Crippen LogP contribution in [-0.2, 0) is 11.1 Å². The Morgan fingerprint density at radius 2 is 1.97 bits per heavy atom. The second-order valence-corrected chi connectivity index (χ2v) is 8.64. The van der Waals surface area contributed by atoms with Crippen molar-refractivity contribution in [3.63, 3.8) is 0 Å². The molecule has 2 heterocycles. The number of rotatable bonds is 5. The zero-order valence-electron chi connectivity index (χ0n) is 17.1. The van der Waals surface area contributed by atoms with Gasteiger partial charge in [-0.15, -0.1) is 13.2 Å². The highest BCUT2D eigenvalue weighted by molar-refractivity contribution is 5.92. The molecule has 2 saturated carbocycles. The summed E-state index contributed by atoms with van der Waals surface area (Å²) in [6.45, 7) is 1.81. The number of alkyl halides is 3. The van der Waals surface area contributed by atoms with E-state index < -0.39 is 6.30 Å². The summed E-state index contributed by atoms with van der Waals surface area (Å²) in [5, 5.41) is 3.22. The van der Waals surface area contributed by atoms with Gasteiger partial charge in [-0.3, -0.25) is 14.3 Å². The molecule has 2 aliphatic rings. The first-order chi connectivity index (χ1) is 15.2. The fourth-order valence-corrected chi connectivity index (χ4v) is 5.11. The molecule has 0 saturated heterocycles. The molecule has 2 aliphatic carbocycles. The number of benzene rings is 1. The predicted octanol–water partition coefficient (Wildman–Crippen LogP) is 5.33. The Morgan fingerprint density at radius 3 is 2.66 bits per heavy atom. The molecule has 5 rings (SSSR count). The third-order valence-electron chi connectivity index (χ3n) is 6.67. The van der Waals surface area contributed by atoms with Crippen molar-refractivity contribution in [3.8, 4) is 5.75 Å². The van der Waals surface area contributed by atoms with Gasteiger partial charge in [0.1, 0.15) is 11.6 Å². The molecule has 5 atom stereocenters. The molecule has 1 unspecified atom stereocenters. The number of aromatic nitrogens is 2. The smallest absolute Gasteiger partial charge is 0.488 e. The van der Waals surface area contributed by atoms with Crippen LogP contribution in [0.25, 0.3) is 10.9 Å². The van der Waals surface area contributed by atoms with Crippen molar-refractivity contribution in [2.24, 2.45) is 23.7 Å². The highest BCUT2D eigenvalue weighted by Gasteiger charge is 2.59. The summed E-state index contributed by atoms with van der Waals surface area (Å²) in [4.78, 5) is 16.8. The standard InChI is InChI=1S/C23H21F4N3O2/c1-12(22(31)29-14-5-7-30(11-14)23(25,26)27)21-16-9-15(10-17(16)21)32-20-4-6-28-19-3-2-13(24)8-18(19)20/h2-8,11-12,15-17,21H,9-10H2,1H3,(H,29,31)/t12?,15-,16-,17+,21+. The van der Waals surface area contributed by atoms with E-state index >= 15 is 0 Å². The third kappa shape index (κ3) is 3.80. The summed E-state index contributed by atoms with van der Waals surface area (Å²) in [5.74, 6) is 0.516. The lowest BCUT2D eigenvalue weighted by atomic mass is 9.97. The van der Waals surface area contributed by atoms with Gasteiger partial charge in [0.15, 0.2) is 0 Å². The Kier molecular flexibility index (Phi) is 4.87. The number of halogens is 4. The maximum Gasteiger partial charge on any atom is 0.488 e. The minimum absolute atomic E-state index is 0.0220. The van der Waals surface area contributed by atoms with Gasteiger partial charge >= 0.3 is 6.30 Å². The molecule has 0 spiro atoms. The van der Waals surface area contributed by atoms with E-state index in [4.69, 9.17) is 4.74 Å². The summed E-state index contributed by atoms with van der Waals surface area (Å²) in [6, 6.07) is 7.35. The Hall–Kier alpha value is -3.10. The number of carbonyl (C=O) groups excluding carboxylic acids is 1. The first-order valence-electron chi connectivity index (χ1n) is 10.5. The number of carbonyl (C=O) groups is 1. The molecule has 5 nitrogen and oxygen atoms in total. The molecular formula is C23H21F4N3O2. The van der Waals surface area contributed by atoms with E-state index in [2.05, 4.69) is 10.3 Å². The Bertz CT molecular complexity index is 1160. The monoisotopic (exact) mass is 447 g/mol. The van der Waals surface area contributed by atoms with Crippen LogP contribution in [-0.4, -0.2) is 21.6 Å². The number of fused-ring (bicyclic) bond motifs is 2. The van der Waals surface area contributed by atoms with Gasteiger partial charge < -0.3 is 10.1 Å². The molecule has 9 heteroatoms. The van der Waals surface area contributed by atoms with E-state index in [1.54, 1.807) is 18.3 Å². The van der Waals surface area contributed by atoms with E-state index in [9.17, 15) is 22.4 Å². The highest BCUT2D eigenvalue weighted by atomic mass is 19.4. The van der Waals surface area contributed by atoms with Gasteiger partial charge in [-0.1, -0.05) is 6.92 Å². The molecule has 3 aromatic rings. The maximum atomic E-state index is 13.7. The van der Waals surface area contributed by atoms with E-state index in [-0.39, 0.29) is 39.9 Å². The number of amides is 1. The first-order valence-corrected chi connectivity index (χ1v) is 10.5. The maximum absolute atomic E-state index is 13.7. The number of pyridine rings is 1. The van der Waals surface area contributed by atoms with Crippen LogP contribution in [0.15, 0.2) is 48.9 Å². The quantitative estimate of drug-likeness (QED) is 0.538. The van der Waals surface area contributed by atoms with Crippen LogP contribution < -0.4 is 10.1 Å². The minimum Gasteiger partial charge on any atom is -0.490 e. The molecule has 32 heavy (non-hydrogen) atoms. The van der Waals surface area contributed by atoms with Crippen LogP contribution in [0.4, 0.5) is 23.2 Å². The van der Waals surface area contributed by atoms with Gasteiger partial charge in [0.2, 0.25) is 5.91 Å². The van der Waals surface area contributed by atoms with Crippen molar-refractivity contribution in [2.75, 3.05) is 5.32 Å². The Balaban J connectivity index is 1.18. The summed E-state index contributed by atoms with van der Waals surface area (Å²) in [5.41, 5.74) is 0.789. The van der Waals surface area contributed by atoms with Crippen molar-refractivity contribution in [1.29, 1.82) is 0 Å². The number of hydrogen-bond donors (Lipinski definition) is 1. The predicted molar refractivity (Wildman–Crippen MR) is 109 cm³/mol. The molecule has 2 aromatic heterocycles. The lowest BCUT2D eigenvalue weighted by molar-refractivity contribution is -0.203. The highest BCUT2D eigenvalue weighted by Crippen LogP contribution is 2.61. The second kappa shape index (κ2) is 7.50. The molecule has 0 bridgehead atoms. The lowest BCUT2D eigenvalue weighted by Crippen LogP contribution is -2.25. The zero-order chi connectivity index (χ0) is 22.6. The minimum atomic E-state index is -4.51. The van der Waals surface area contributed by atoms with Crippen molar-refractivity contribution in [1.82, 2.24) is 9.55 Å². The van der Waals surface area contributed by atoms with Crippen LogP contribution in [0.5, 0.6) is 5.75 Å². The van der Waals surface area contributed by atoms with Gasteiger partial charge in [-0.25, -0.2) is 4.39 Å². The van der Waals surface area contributed by atoms with Crippen LogP contribution in [0.3, 0.4) is 0 Å². The molecular weight excluding hydrogens is 426 g/mol. The third-order valence-corrected chi connectivity index (χ3v) is 6.67. The molecule has 1 N–H and O–H groups in total. The van der Waals surface area contributed by atoms with Crippen LogP contribution in [0.2, 0.25) is 0 Å². The lowest BCUT2D eigenvalue weighted by Gasteiger charge is -2.20. The number of hydrogen-bond acceptors (Lipinski definition) is 3. The SMILES string of the molecule is CC(C(=O)Nc1ccn(C(F)(F)F)c1)[C@H]1[C@@H]2C[C@@H](Oc3ccnc4ccc(F)cc34)C[C@@H]21. The van der Waals surface area contributed by atoms with Crippen molar-refractivity contribution in [2.45, 2.75) is 32.2 Å². The number of ether oxygens (including phenoxy) is 1. The Labute approximate surface area is 181 Å². The summed E-state index contributed by atoms with van der Waals surface area (Å²) >= 11 is 0. The number of anilines is 1. The van der Waals surface area contributed by atoms with Crippen LogP contribution in [0, 0.1) is 29.5 Å². The topological polar surface area (TPSA) is 56.2 Å². The zero-order valence-corrected chi connectivity index (χ0v) is 17.1. The average molecular weight is 447 g/mol. The van der Waals surface area contributed by atoms with E-state index in [1.807, 2.05) is 6.92 Å².